The molecule has 0 amide bonds. The van der Waals surface area contributed by atoms with Gasteiger partial charge in [0.05, 0.1) is 9.40 Å². The number of fused-ring (bicyclic) bond motifs is 1. The molecule has 0 atom stereocenters. The molecule has 72 valence electrons. The number of nitrogens with one attached hydrogen (secondary N) is 1. The number of hydrogen-bond donors (Lipinski definition) is 2. The van der Waals surface area contributed by atoms with E-state index in [0.717, 1.165) is 0 Å². The van der Waals surface area contributed by atoms with Gasteiger partial charge in [-0.15, -0.1) is 0 Å². The Labute approximate surface area is 86.6 Å². The number of aromatic amines is 1. The maximum Gasteiger partial charge on any atom is 0.284 e. The fourth-order valence-corrected chi connectivity index (χ4v) is 1.76. The van der Waals surface area contributed by atoms with Crippen LogP contribution >= 0.6 is 15.9 Å². The Morgan fingerprint density at radius 3 is 2.79 bits per heavy atom. The van der Waals surface area contributed by atoms with Crippen LogP contribution in [0.1, 0.15) is 0 Å². The van der Waals surface area contributed by atoms with Gasteiger partial charge in [0.2, 0.25) is 0 Å². The summed E-state index contributed by atoms with van der Waals surface area (Å²) in [7, 11) is 0. The van der Waals surface area contributed by atoms with Crippen LogP contribution in [0, 0.1) is 10.1 Å². The Bertz CT molecular complexity index is 521. The average molecular weight is 257 g/mol. The van der Waals surface area contributed by atoms with E-state index in [1.807, 2.05) is 0 Å². The highest BCUT2D eigenvalue weighted by atomic mass is 79.9. The van der Waals surface area contributed by atoms with Crippen molar-refractivity contribution in [1.29, 1.82) is 0 Å². The third-order valence-electron chi connectivity index (χ3n) is 1.87. The van der Waals surface area contributed by atoms with Gasteiger partial charge in [0, 0.05) is 23.0 Å². The van der Waals surface area contributed by atoms with E-state index in [1.165, 1.54) is 12.1 Å². The number of hydrogen-bond acceptors (Lipinski definition) is 3. The Morgan fingerprint density at radius 1 is 1.43 bits per heavy atom. The number of benzene rings is 1. The van der Waals surface area contributed by atoms with Gasteiger partial charge < -0.3 is 10.1 Å². The largest absolute Gasteiger partial charge is 0.495 e. The minimum atomic E-state index is -0.479. The van der Waals surface area contributed by atoms with Gasteiger partial charge in [-0.3, -0.25) is 10.1 Å². The van der Waals surface area contributed by atoms with E-state index in [4.69, 9.17) is 5.11 Å². The molecule has 0 saturated heterocycles. The number of nitro benzene ring substituents is 1. The molecule has 0 aliphatic heterocycles. The molecule has 0 aliphatic carbocycles. The van der Waals surface area contributed by atoms with Crippen LogP contribution in [0.4, 0.5) is 5.69 Å². The molecule has 14 heavy (non-hydrogen) atoms. The van der Waals surface area contributed by atoms with Crippen molar-refractivity contribution in [2.45, 2.75) is 0 Å². The number of H-pyrrole nitrogens is 1. The van der Waals surface area contributed by atoms with Crippen LogP contribution in [0.5, 0.6) is 5.88 Å². The number of halogens is 1. The van der Waals surface area contributed by atoms with Crippen molar-refractivity contribution < 1.29 is 10.0 Å². The van der Waals surface area contributed by atoms with E-state index in [9.17, 15) is 10.1 Å². The summed E-state index contributed by atoms with van der Waals surface area (Å²) < 4.78 is 0.386. The molecule has 2 N–H and O–H groups in total. The van der Waals surface area contributed by atoms with Gasteiger partial charge in [-0.1, -0.05) is 0 Å². The van der Waals surface area contributed by atoms with Gasteiger partial charge in [0.1, 0.15) is 0 Å². The molecular weight excluding hydrogens is 252 g/mol. The first-order valence-electron chi connectivity index (χ1n) is 3.73. The van der Waals surface area contributed by atoms with E-state index in [2.05, 4.69) is 20.9 Å². The molecule has 0 aliphatic rings. The van der Waals surface area contributed by atoms with Crippen molar-refractivity contribution in [3.05, 3.63) is 32.8 Å². The van der Waals surface area contributed by atoms with E-state index in [-0.39, 0.29) is 11.6 Å². The summed E-state index contributed by atoms with van der Waals surface area (Å²) >= 11 is 3.08. The fraction of sp³-hybridized carbons (Fsp3) is 0. The molecule has 6 heteroatoms. The predicted molar refractivity (Wildman–Crippen MR) is 54.3 cm³/mol. The van der Waals surface area contributed by atoms with E-state index in [1.54, 1.807) is 6.07 Å². The summed E-state index contributed by atoms with van der Waals surface area (Å²) in [5.74, 6) is -0.00704. The van der Waals surface area contributed by atoms with Crippen molar-refractivity contribution in [2.75, 3.05) is 0 Å². The molecule has 0 saturated carbocycles. The molecular formula is C8H5BrN2O3. The van der Waals surface area contributed by atoms with Gasteiger partial charge >= 0.3 is 0 Å². The number of rotatable bonds is 1. The SMILES string of the molecule is O=[N+]([O-])c1cc2cc(O)[nH]c2cc1Br. The standard InChI is InChI=1S/C8H5BrN2O3/c9-5-3-6-4(2-8(12)10-6)1-7(5)11(13)14/h1-3,10,12H. The first-order valence-corrected chi connectivity index (χ1v) is 4.53. The predicted octanol–water partition coefficient (Wildman–Crippen LogP) is 2.54. The smallest absolute Gasteiger partial charge is 0.284 e. The zero-order valence-corrected chi connectivity index (χ0v) is 8.41. The molecule has 0 bridgehead atoms. The van der Waals surface area contributed by atoms with Crippen molar-refractivity contribution in [2.24, 2.45) is 0 Å². The summed E-state index contributed by atoms with van der Waals surface area (Å²) in [6.07, 6.45) is 0. The van der Waals surface area contributed by atoms with Crippen molar-refractivity contribution >= 4 is 32.5 Å². The first-order chi connectivity index (χ1) is 6.58. The second-order valence-corrected chi connectivity index (χ2v) is 3.66. The van der Waals surface area contributed by atoms with Gasteiger partial charge in [-0.2, -0.15) is 0 Å². The number of nitro groups is 1. The lowest BCUT2D eigenvalue weighted by Crippen LogP contribution is -1.88. The molecule has 1 aromatic heterocycles. The highest BCUT2D eigenvalue weighted by molar-refractivity contribution is 9.10. The Kier molecular flexibility index (Phi) is 1.92. The van der Waals surface area contributed by atoms with Gasteiger partial charge in [0.25, 0.3) is 5.69 Å². The van der Waals surface area contributed by atoms with Crippen LogP contribution in [0.15, 0.2) is 22.7 Å². The summed E-state index contributed by atoms with van der Waals surface area (Å²) in [4.78, 5) is 12.8. The van der Waals surface area contributed by atoms with Crippen LogP contribution in [0.3, 0.4) is 0 Å². The van der Waals surface area contributed by atoms with Crippen LogP contribution in [0.2, 0.25) is 0 Å². The molecule has 0 radical (unpaired) electrons. The monoisotopic (exact) mass is 256 g/mol. The zero-order valence-electron chi connectivity index (χ0n) is 6.82. The lowest BCUT2D eigenvalue weighted by molar-refractivity contribution is -0.385. The van der Waals surface area contributed by atoms with Crippen molar-refractivity contribution in [1.82, 2.24) is 4.98 Å². The lowest BCUT2D eigenvalue weighted by Gasteiger charge is -1.95. The number of aromatic nitrogens is 1. The highest BCUT2D eigenvalue weighted by Gasteiger charge is 2.13. The van der Waals surface area contributed by atoms with E-state index in [0.29, 0.717) is 15.4 Å². The van der Waals surface area contributed by atoms with Crippen molar-refractivity contribution in [3.8, 4) is 5.88 Å². The summed E-state index contributed by atoms with van der Waals surface area (Å²) in [5, 5.41) is 20.3. The first kappa shape index (κ1) is 9.01. The molecule has 1 heterocycles. The van der Waals surface area contributed by atoms with Crippen LogP contribution in [-0.2, 0) is 0 Å². The minimum Gasteiger partial charge on any atom is -0.495 e. The van der Waals surface area contributed by atoms with Gasteiger partial charge in [0.15, 0.2) is 5.88 Å². The second kappa shape index (κ2) is 2.98. The molecule has 5 nitrogen and oxygen atoms in total. The Balaban J connectivity index is 2.76. The molecule has 0 unspecified atom stereocenters. The molecule has 0 fully saturated rings. The Hall–Kier alpha value is -1.56. The molecule has 2 aromatic rings. The summed E-state index contributed by atoms with van der Waals surface area (Å²) in [6, 6.07) is 4.40. The quantitative estimate of drug-likeness (QED) is 0.608. The zero-order chi connectivity index (χ0) is 10.3. The molecule has 2 rings (SSSR count). The summed E-state index contributed by atoms with van der Waals surface area (Å²) in [5.41, 5.74) is 0.636. The van der Waals surface area contributed by atoms with Crippen LogP contribution in [-0.4, -0.2) is 15.0 Å². The van der Waals surface area contributed by atoms with E-state index < -0.39 is 4.92 Å². The maximum absolute atomic E-state index is 10.6. The topological polar surface area (TPSA) is 79.2 Å². The highest BCUT2D eigenvalue weighted by Crippen LogP contribution is 2.31. The second-order valence-electron chi connectivity index (χ2n) is 2.80. The third-order valence-corrected chi connectivity index (χ3v) is 2.51. The lowest BCUT2D eigenvalue weighted by atomic mass is 10.2. The minimum absolute atomic E-state index is 0.00704. The maximum atomic E-state index is 10.6. The fourth-order valence-electron chi connectivity index (χ4n) is 1.27. The molecule has 1 aromatic carbocycles. The average Bonchev–Trinajstić information content (AvgIpc) is 2.42. The van der Waals surface area contributed by atoms with Crippen LogP contribution in [0.25, 0.3) is 10.9 Å². The van der Waals surface area contributed by atoms with Crippen LogP contribution < -0.4 is 0 Å². The van der Waals surface area contributed by atoms with Gasteiger partial charge in [-0.25, -0.2) is 0 Å². The third kappa shape index (κ3) is 1.33. The van der Waals surface area contributed by atoms with Gasteiger partial charge in [-0.05, 0) is 22.0 Å². The Morgan fingerprint density at radius 2 is 2.14 bits per heavy atom. The number of aromatic hydroxyl groups is 1. The summed E-state index contributed by atoms with van der Waals surface area (Å²) in [6.45, 7) is 0. The molecule has 0 spiro atoms. The van der Waals surface area contributed by atoms with Crippen molar-refractivity contribution in [3.63, 3.8) is 0 Å². The number of nitrogens with zero attached hydrogens (tertiary/aromatic N) is 1. The normalized spacial score (nSPS) is 10.6. The van der Waals surface area contributed by atoms with E-state index >= 15 is 0 Å².